The van der Waals surface area contributed by atoms with E-state index < -0.39 is 35.4 Å². The van der Waals surface area contributed by atoms with E-state index in [2.05, 4.69) is 10.1 Å². The number of halogens is 4. The Labute approximate surface area is 261 Å². The fourth-order valence-corrected chi connectivity index (χ4v) is 6.23. The molecule has 0 spiro atoms. The third-order valence-corrected chi connectivity index (χ3v) is 8.44. The maximum atomic E-state index is 13.6. The van der Waals surface area contributed by atoms with Gasteiger partial charge in [0.2, 0.25) is 0 Å². The first-order valence-corrected chi connectivity index (χ1v) is 15.0. The molecule has 2 amide bonds. The number of carbonyl (C=O) groups is 2. The van der Waals surface area contributed by atoms with E-state index in [0.717, 1.165) is 11.5 Å². The Morgan fingerprint density at radius 2 is 1.93 bits per heavy atom. The number of hydrogen-bond acceptors (Lipinski definition) is 7. The Hall–Kier alpha value is -3.55. The predicted octanol–water partition coefficient (Wildman–Crippen LogP) is 5.95. The lowest BCUT2D eigenvalue weighted by Crippen LogP contribution is -2.58. The highest BCUT2D eigenvalue weighted by Gasteiger charge is 2.37. The van der Waals surface area contributed by atoms with Crippen LogP contribution in [0.25, 0.3) is 17.0 Å². The second-order valence-electron chi connectivity index (χ2n) is 11.6. The second kappa shape index (κ2) is 12.1. The number of aryl methyl sites for hydroxylation is 1. The highest BCUT2D eigenvalue weighted by molar-refractivity contribution is 8.18. The van der Waals surface area contributed by atoms with Crippen molar-refractivity contribution >= 4 is 57.5 Å². The largest absolute Gasteiger partial charge is 0.444 e. The highest BCUT2D eigenvalue weighted by Crippen LogP contribution is 2.35. The first-order chi connectivity index (χ1) is 20.6. The van der Waals surface area contributed by atoms with Crippen LogP contribution in [0, 0.1) is 6.92 Å². The zero-order chi connectivity index (χ0) is 32.0. The number of benzene rings is 2. The quantitative estimate of drug-likeness (QED) is 0.349. The summed E-state index contributed by atoms with van der Waals surface area (Å²) in [6.45, 7) is 7.73. The Balaban J connectivity index is 1.31. The molecule has 1 aromatic heterocycles. The molecule has 2 aromatic carbocycles. The molecule has 9 nitrogen and oxygen atoms in total. The van der Waals surface area contributed by atoms with Gasteiger partial charge in [-0.05, 0) is 80.9 Å². The highest BCUT2D eigenvalue weighted by atomic mass is 35.5. The van der Waals surface area contributed by atoms with E-state index >= 15 is 0 Å². The summed E-state index contributed by atoms with van der Waals surface area (Å²) in [6, 6.07) is 8.54. The number of carbonyl (C=O) groups excluding carboxylic acids is 2. The molecule has 44 heavy (non-hydrogen) atoms. The van der Waals surface area contributed by atoms with Crippen LogP contribution in [0.1, 0.15) is 43.2 Å². The number of ether oxygens (including phenoxy) is 1. The van der Waals surface area contributed by atoms with Gasteiger partial charge in [-0.3, -0.25) is 14.4 Å². The van der Waals surface area contributed by atoms with Crippen LogP contribution >= 0.6 is 23.4 Å². The van der Waals surface area contributed by atoms with Gasteiger partial charge in [0.25, 0.3) is 5.91 Å². The van der Waals surface area contributed by atoms with Gasteiger partial charge in [-0.25, -0.2) is 4.79 Å². The number of aliphatic hydroxyl groups excluding tert-OH is 1. The van der Waals surface area contributed by atoms with Crippen molar-refractivity contribution in [2.75, 3.05) is 26.2 Å². The summed E-state index contributed by atoms with van der Waals surface area (Å²) in [6.07, 6.45) is -3.35. The predicted molar refractivity (Wildman–Crippen MR) is 163 cm³/mol. The van der Waals surface area contributed by atoms with Crippen LogP contribution in [0.4, 0.5) is 18.0 Å². The molecule has 1 fully saturated rings. The van der Waals surface area contributed by atoms with Gasteiger partial charge in [-0.2, -0.15) is 23.3 Å². The van der Waals surface area contributed by atoms with E-state index in [0.29, 0.717) is 39.9 Å². The molecule has 3 heterocycles. The van der Waals surface area contributed by atoms with E-state index in [-0.39, 0.29) is 30.3 Å². The first-order valence-electron chi connectivity index (χ1n) is 13.8. The van der Waals surface area contributed by atoms with Crippen LogP contribution < -0.4 is 0 Å². The summed E-state index contributed by atoms with van der Waals surface area (Å²) < 4.78 is 47.9. The molecular formula is C30H31ClF3N5O4S. The number of nitrogens with zero attached hydrogens (tertiary/aromatic N) is 5. The lowest BCUT2D eigenvalue weighted by molar-refractivity contribution is -0.138. The number of aromatic nitrogens is 2. The zero-order valence-electron chi connectivity index (χ0n) is 24.5. The summed E-state index contributed by atoms with van der Waals surface area (Å²) in [5, 5.41) is 15.7. The standard InChI is InChI=1S/C30H31ClF3N5O4S/c1-17-22-11-18(5-8-24(22)39(36-17)14-19-6-7-20(31)13-23(19)30(32,33)34)12-25-26(41)35-27(44-25)37-9-10-38(21(15-37)16-40)28(42)43-29(2,3)4/h5-8,11-13,21,40H,9-10,14-16H2,1-4H3/t21-/m1/s1. The summed E-state index contributed by atoms with van der Waals surface area (Å²) in [5.74, 6) is -0.407. The molecule has 2 aliphatic rings. The Morgan fingerprint density at radius 3 is 2.61 bits per heavy atom. The zero-order valence-corrected chi connectivity index (χ0v) is 26.1. The van der Waals surface area contributed by atoms with Gasteiger partial charge in [0.15, 0.2) is 5.17 Å². The summed E-state index contributed by atoms with van der Waals surface area (Å²) >= 11 is 7.04. The first kappa shape index (κ1) is 31.9. The lowest BCUT2D eigenvalue weighted by atomic mass is 10.1. The van der Waals surface area contributed by atoms with Crippen molar-refractivity contribution in [2.45, 2.75) is 52.1 Å². The average Bonchev–Trinajstić information content (AvgIpc) is 3.46. The Bertz CT molecular complexity index is 1680. The minimum atomic E-state index is -4.56. The normalized spacial score (nSPS) is 18.8. The van der Waals surface area contributed by atoms with E-state index in [1.54, 1.807) is 45.9 Å². The molecule has 0 unspecified atom stereocenters. The molecule has 1 atom stereocenters. The molecule has 0 aliphatic carbocycles. The lowest BCUT2D eigenvalue weighted by Gasteiger charge is -2.41. The number of alkyl halides is 3. The topological polar surface area (TPSA) is 100 Å². The number of fused-ring (bicyclic) bond motifs is 1. The van der Waals surface area contributed by atoms with Crippen molar-refractivity contribution in [3.05, 3.63) is 68.7 Å². The molecule has 14 heteroatoms. The minimum absolute atomic E-state index is 0.00278. The van der Waals surface area contributed by atoms with E-state index in [1.807, 2.05) is 11.0 Å². The van der Waals surface area contributed by atoms with Crippen LogP contribution in [-0.2, 0) is 22.3 Å². The number of amidine groups is 1. The molecule has 0 bridgehead atoms. The number of piperazine rings is 1. The summed E-state index contributed by atoms with van der Waals surface area (Å²) in [4.78, 5) is 33.4. The van der Waals surface area contributed by atoms with Crippen LogP contribution in [0.15, 0.2) is 46.3 Å². The second-order valence-corrected chi connectivity index (χ2v) is 13.0. The van der Waals surface area contributed by atoms with Crippen LogP contribution in [0.2, 0.25) is 5.02 Å². The molecule has 234 valence electrons. The third kappa shape index (κ3) is 6.89. The fourth-order valence-electron chi connectivity index (χ4n) is 5.11. The van der Waals surface area contributed by atoms with Crippen molar-refractivity contribution in [1.29, 1.82) is 0 Å². The van der Waals surface area contributed by atoms with Crippen LogP contribution in [0.3, 0.4) is 0 Å². The van der Waals surface area contributed by atoms with Crippen molar-refractivity contribution in [1.82, 2.24) is 19.6 Å². The molecule has 0 saturated carbocycles. The SMILES string of the molecule is Cc1nn(Cc2ccc(Cl)cc2C(F)(F)F)c2ccc(C=C3SC(N4CCN(C(=O)OC(C)(C)C)[C@@H](CO)C4)=NC3=O)cc12. The van der Waals surface area contributed by atoms with Crippen LogP contribution in [-0.4, -0.2) is 79.7 Å². The average molecular weight is 650 g/mol. The number of aliphatic imine (C=N–C) groups is 1. The van der Waals surface area contributed by atoms with E-state index in [9.17, 15) is 27.9 Å². The van der Waals surface area contributed by atoms with Crippen molar-refractivity contribution in [2.24, 2.45) is 4.99 Å². The number of thioether (sulfide) groups is 1. The number of amides is 2. The van der Waals surface area contributed by atoms with Crippen molar-refractivity contribution < 1.29 is 32.6 Å². The molecule has 5 rings (SSSR count). The molecule has 2 aliphatic heterocycles. The summed E-state index contributed by atoms with van der Waals surface area (Å²) in [7, 11) is 0. The third-order valence-electron chi connectivity index (χ3n) is 7.16. The van der Waals surface area contributed by atoms with Gasteiger partial charge in [0, 0.05) is 30.0 Å². The number of rotatable bonds is 4. The van der Waals surface area contributed by atoms with E-state index in [4.69, 9.17) is 16.3 Å². The Kier molecular flexibility index (Phi) is 8.76. The van der Waals surface area contributed by atoms with Crippen molar-refractivity contribution in [3.8, 4) is 0 Å². The fraction of sp³-hybridized carbons (Fsp3) is 0.400. The van der Waals surface area contributed by atoms with Gasteiger partial charge in [-0.1, -0.05) is 23.7 Å². The molecule has 0 radical (unpaired) electrons. The number of hydrogen-bond donors (Lipinski definition) is 1. The molecule has 3 aromatic rings. The maximum absolute atomic E-state index is 13.6. The van der Waals surface area contributed by atoms with Gasteiger partial charge >= 0.3 is 12.3 Å². The van der Waals surface area contributed by atoms with Crippen LogP contribution in [0.5, 0.6) is 0 Å². The Morgan fingerprint density at radius 1 is 1.18 bits per heavy atom. The molecular weight excluding hydrogens is 619 g/mol. The molecule has 1 N–H and O–H groups in total. The smallest absolute Gasteiger partial charge is 0.416 e. The minimum Gasteiger partial charge on any atom is -0.444 e. The summed E-state index contributed by atoms with van der Waals surface area (Å²) in [5.41, 5.74) is 0.551. The maximum Gasteiger partial charge on any atom is 0.416 e. The van der Waals surface area contributed by atoms with Gasteiger partial charge < -0.3 is 14.7 Å². The monoisotopic (exact) mass is 649 g/mol. The van der Waals surface area contributed by atoms with Gasteiger partial charge in [0.05, 0.1) is 40.9 Å². The number of aliphatic hydroxyl groups is 1. The van der Waals surface area contributed by atoms with Gasteiger partial charge in [-0.15, -0.1) is 0 Å². The van der Waals surface area contributed by atoms with Crippen molar-refractivity contribution in [3.63, 3.8) is 0 Å². The molecule has 1 saturated heterocycles. The van der Waals surface area contributed by atoms with Gasteiger partial charge in [0.1, 0.15) is 5.60 Å². The van der Waals surface area contributed by atoms with E-state index in [1.165, 1.54) is 33.5 Å².